The number of aliphatic hydroxyl groups excluding tert-OH is 5. The predicted molar refractivity (Wildman–Crippen MR) is 199 cm³/mol. The number of ketones is 1. The average molecular weight is 823 g/mol. The molecule has 0 amide bonds. The van der Waals surface area contributed by atoms with Gasteiger partial charge in [-0.1, -0.05) is 47.1 Å². The fourth-order valence-electron chi connectivity index (χ4n) is 13.4. The first-order chi connectivity index (χ1) is 26.8. The van der Waals surface area contributed by atoms with E-state index in [1.165, 1.54) is 0 Å². The van der Waals surface area contributed by atoms with Gasteiger partial charge in [-0.25, -0.2) is 9.59 Å². The van der Waals surface area contributed by atoms with Gasteiger partial charge in [0, 0.05) is 5.92 Å². The zero-order chi connectivity index (χ0) is 42.9. The van der Waals surface area contributed by atoms with Crippen molar-refractivity contribution < 1.29 is 79.0 Å². The summed E-state index contributed by atoms with van der Waals surface area (Å²) in [6.07, 6.45) is -12.2. The van der Waals surface area contributed by atoms with Crippen molar-refractivity contribution in [1.29, 1.82) is 0 Å². The Balaban J connectivity index is 1.17. The molecule has 8 N–H and O–H groups in total. The van der Waals surface area contributed by atoms with Crippen LogP contribution in [0.25, 0.3) is 0 Å². The first-order valence-corrected chi connectivity index (χ1v) is 20.7. The first-order valence-electron chi connectivity index (χ1n) is 20.7. The number of hydrogen-bond donors (Lipinski definition) is 8. The normalized spacial score (nSPS) is 52.6. The van der Waals surface area contributed by atoms with Crippen LogP contribution in [0.5, 0.6) is 0 Å². The molecule has 0 aromatic heterocycles. The quantitative estimate of drug-likeness (QED) is 0.171. The SMILES string of the molecule is CC1(C)[C@@H](O[C@H]2O[C@H](C(=O)O)[C@@H](O)[C@H](O)[C@H]2O[C@H]2O[C@@H](C(=O)O)[C@H](O)[C@@H](O)[C@H]2O)CC[C@@]2(C)[C@H]1CC[C@]1(C)[C@H]2C(=O)C=C2[C@@H]3C[C@@](C)(C(=O)O)CC[C@]3(C)CC[C@]21C. The second kappa shape index (κ2) is 14.3. The van der Waals surface area contributed by atoms with Crippen molar-refractivity contribution in [2.75, 3.05) is 0 Å². The molecule has 7 aliphatic rings. The Hall–Kier alpha value is -2.54. The molecular weight excluding hydrogens is 760 g/mol. The Morgan fingerprint density at radius 1 is 0.690 bits per heavy atom. The lowest BCUT2D eigenvalue weighted by atomic mass is 9.33. The van der Waals surface area contributed by atoms with Crippen molar-refractivity contribution in [3.05, 3.63) is 11.6 Å². The van der Waals surface area contributed by atoms with Crippen molar-refractivity contribution >= 4 is 23.7 Å². The minimum absolute atomic E-state index is 0.0217. The van der Waals surface area contributed by atoms with Gasteiger partial charge in [0.1, 0.15) is 36.6 Å². The minimum atomic E-state index is -2.05. The third-order valence-electron chi connectivity index (χ3n) is 17.2. The Bertz CT molecular complexity index is 1730. The van der Waals surface area contributed by atoms with E-state index in [-0.39, 0.29) is 34.4 Å². The van der Waals surface area contributed by atoms with Crippen molar-refractivity contribution in [2.45, 2.75) is 174 Å². The summed E-state index contributed by atoms with van der Waals surface area (Å²) in [5, 5.41) is 83.0. The second-order valence-electron chi connectivity index (χ2n) is 20.6. The number of hydrogen-bond acceptors (Lipinski definition) is 13. The van der Waals surface area contributed by atoms with Gasteiger partial charge in [0.25, 0.3) is 0 Å². The van der Waals surface area contributed by atoms with Crippen LogP contribution in [0, 0.1) is 50.2 Å². The van der Waals surface area contributed by atoms with Crippen LogP contribution in [-0.2, 0) is 38.1 Å². The number of carboxylic acids is 3. The van der Waals surface area contributed by atoms with E-state index in [2.05, 4.69) is 27.7 Å². The molecule has 4 saturated carbocycles. The largest absolute Gasteiger partial charge is 0.481 e. The maximum Gasteiger partial charge on any atom is 0.335 e. The minimum Gasteiger partial charge on any atom is -0.481 e. The standard InChI is InChI=1S/C42H62O16/c1-37(2)21-8-11-42(7)31(20(43)16-18-19-17-39(4,36(53)54)13-12-38(19,3)14-15-41(18,42)6)40(21,5)10-9-22(37)55-35-30(26(47)25(46)29(57-35)33(51)52)58-34-27(48)23(44)24(45)28(56-34)32(49)50/h16,19,21-31,34-35,44-48H,8-15,17H2,1-7H3,(H,49,50)(H,51,52)(H,53,54)/t19-,21-,22-,23+,24+,25-,26-,27+,28+,29-,30+,31-,34+,35-,38+,39-,40-,41+,42+/m0/s1. The lowest BCUT2D eigenvalue weighted by molar-refractivity contribution is -0.371. The number of allylic oxidation sites excluding steroid dienone is 2. The molecule has 19 atom stereocenters. The Morgan fingerprint density at radius 2 is 1.28 bits per heavy atom. The highest BCUT2D eigenvalue weighted by Gasteiger charge is 2.71. The Labute approximate surface area is 337 Å². The van der Waals surface area contributed by atoms with E-state index in [1.807, 2.05) is 26.8 Å². The Morgan fingerprint density at radius 3 is 1.88 bits per heavy atom. The predicted octanol–water partition coefficient (Wildman–Crippen LogP) is 2.25. The van der Waals surface area contributed by atoms with Gasteiger partial charge in [-0.3, -0.25) is 9.59 Å². The zero-order valence-corrected chi connectivity index (χ0v) is 34.4. The van der Waals surface area contributed by atoms with Gasteiger partial charge in [-0.2, -0.15) is 0 Å². The van der Waals surface area contributed by atoms with Crippen LogP contribution in [0.3, 0.4) is 0 Å². The summed E-state index contributed by atoms with van der Waals surface area (Å²) in [6, 6.07) is 0. The monoisotopic (exact) mass is 822 g/mol. The number of carbonyl (C=O) groups excluding carboxylic acids is 1. The van der Waals surface area contributed by atoms with Gasteiger partial charge in [0.15, 0.2) is 30.6 Å². The molecule has 0 radical (unpaired) electrons. The Kier molecular flexibility index (Phi) is 10.7. The summed E-state index contributed by atoms with van der Waals surface area (Å²) in [5.74, 6) is -4.47. The topological polar surface area (TPSA) is 267 Å². The van der Waals surface area contributed by atoms with Crippen molar-refractivity contribution in [3.63, 3.8) is 0 Å². The number of aliphatic hydroxyl groups is 5. The third kappa shape index (κ3) is 6.25. The van der Waals surface area contributed by atoms with Crippen molar-refractivity contribution in [1.82, 2.24) is 0 Å². The molecule has 2 heterocycles. The maximum absolute atomic E-state index is 14.8. The molecule has 0 bridgehead atoms. The molecule has 326 valence electrons. The van der Waals surface area contributed by atoms with E-state index in [9.17, 15) is 60.0 Å². The van der Waals surface area contributed by atoms with Crippen LogP contribution in [0.4, 0.5) is 0 Å². The van der Waals surface area contributed by atoms with Gasteiger partial charge >= 0.3 is 17.9 Å². The fourth-order valence-corrected chi connectivity index (χ4v) is 13.4. The lowest BCUT2D eigenvalue weighted by Gasteiger charge is -2.70. The average Bonchev–Trinajstić information content (AvgIpc) is 3.13. The van der Waals surface area contributed by atoms with E-state index in [4.69, 9.17) is 18.9 Å². The molecule has 16 nitrogen and oxygen atoms in total. The number of carboxylic acid groups (broad SMARTS) is 3. The highest BCUT2D eigenvalue weighted by atomic mass is 16.8. The second-order valence-corrected chi connectivity index (χ2v) is 20.6. The molecule has 0 aromatic rings. The number of carbonyl (C=O) groups is 4. The van der Waals surface area contributed by atoms with Crippen LogP contribution in [0.2, 0.25) is 0 Å². The van der Waals surface area contributed by atoms with E-state index in [1.54, 1.807) is 0 Å². The summed E-state index contributed by atoms with van der Waals surface area (Å²) in [4.78, 5) is 51.3. The molecule has 58 heavy (non-hydrogen) atoms. The molecule has 0 spiro atoms. The van der Waals surface area contributed by atoms with E-state index >= 15 is 0 Å². The smallest absolute Gasteiger partial charge is 0.335 e. The molecule has 7 rings (SSSR count). The maximum atomic E-state index is 14.8. The molecule has 2 saturated heterocycles. The van der Waals surface area contributed by atoms with Crippen LogP contribution < -0.4 is 0 Å². The van der Waals surface area contributed by atoms with Crippen LogP contribution in [-0.4, -0.2) is 132 Å². The molecule has 6 fully saturated rings. The summed E-state index contributed by atoms with van der Waals surface area (Å²) in [7, 11) is 0. The highest BCUT2D eigenvalue weighted by Crippen LogP contribution is 2.75. The number of fused-ring (bicyclic) bond motifs is 7. The summed E-state index contributed by atoms with van der Waals surface area (Å²) < 4.78 is 23.4. The summed E-state index contributed by atoms with van der Waals surface area (Å²) in [6.45, 7) is 14.8. The third-order valence-corrected chi connectivity index (χ3v) is 17.2. The van der Waals surface area contributed by atoms with Crippen LogP contribution in [0.15, 0.2) is 11.6 Å². The van der Waals surface area contributed by atoms with Crippen molar-refractivity contribution in [2.24, 2.45) is 50.2 Å². The van der Waals surface area contributed by atoms with Crippen LogP contribution >= 0.6 is 0 Å². The van der Waals surface area contributed by atoms with E-state index in [0.29, 0.717) is 25.7 Å². The van der Waals surface area contributed by atoms with Crippen LogP contribution in [0.1, 0.15) is 106 Å². The van der Waals surface area contributed by atoms with E-state index < -0.39 is 107 Å². The molecular formula is C42H62O16. The lowest BCUT2D eigenvalue weighted by Crippen LogP contribution is -2.68. The zero-order valence-electron chi connectivity index (χ0n) is 34.4. The number of rotatable bonds is 7. The number of aliphatic carboxylic acids is 3. The van der Waals surface area contributed by atoms with Crippen molar-refractivity contribution in [3.8, 4) is 0 Å². The van der Waals surface area contributed by atoms with E-state index in [0.717, 1.165) is 37.7 Å². The fraction of sp³-hybridized carbons (Fsp3) is 0.857. The summed E-state index contributed by atoms with van der Waals surface area (Å²) in [5.41, 5.74) is -1.81. The highest BCUT2D eigenvalue weighted by molar-refractivity contribution is 5.95. The molecule has 0 unspecified atom stereocenters. The van der Waals surface area contributed by atoms with Gasteiger partial charge in [0.2, 0.25) is 0 Å². The molecule has 2 aliphatic heterocycles. The van der Waals surface area contributed by atoms with Gasteiger partial charge in [0.05, 0.1) is 11.5 Å². The van der Waals surface area contributed by atoms with Gasteiger partial charge in [-0.05, 0) is 110 Å². The molecule has 0 aromatic carbocycles. The number of ether oxygens (including phenoxy) is 4. The molecule has 5 aliphatic carbocycles. The molecule has 16 heteroatoms. The van der Waals surface area contributed by atoms with Gasteiger partial charge < -0.3 is 59.8 Å². The van der Waals surface area contributed by atoms with Gasteiger partial charge in [-0.15, -0.1) is 0 Å². The summed E-state index contributed by atoms with van der Waals surface area (Å²) >= 11 is 0. The first kappa shape index (κ1) is 43.5.